The summed E-state index contributed by atoms with van der Waals surface area (Å²) in [6.45, 7) is 7.77. The maximum Gasteiger partial charge on any atom is 0.471 e. The van der Waals surface area contributed by atoms with Crippen molar-refractivity contribution in [3.8, 4) is 34.8 Å². The summed E-state index contributed by atoms with van der Waals surface area (Å²) < 4.78 is 69.5. The number of benzene rings is 2. The third-order valence-electron chi connectivity index (χ3n) is 12.0. The van der Waals surface area contributed by atoms with Crippen LogP contribution in [0.4, 0.5) is 13.2 Å². The van der Waals surface area contributed by atoms with Crippen LogP contribution in [0, 0.1) is 25.2 Å². The summed E-state index contributed by atoms with van der Waals surface area (Å²) in [6, 6.07) is -1.92. The number of rotatable bonds is 7. The number of aryl methyl sites for hydroxylation is 1. The predicted molar refractivity (Wildman–Crippen MR) is 197 cm³/mol. The molecule has 0 N–H and O–H groups in total. The summed E-state index contributed by atoms with van der Waals surface area (Å²) in [5.41, 5.74) is 3.15. The van der Waals surface area contributed by atoms with Crippen molar-refractivity contribution in [2.24, 2.45) is 0 Å². The zero-order valence-corrected chi connectivity index (χ0v) is 34.2. The molecule has 4 aliphatic heterocycles. The maximum atomic E-state index is 14.6. The molecule has 6 rings (SSSR count). The molecular weight excluding hydrogens is 783 g/mol. The number of ether oxygens (including phenoxy) is 5. The lowest BCUT2D eigenvalue weighted by molar-refractivity contribution is -0.762. The Bertz CT molecular complexity index is 2240. The molecule has 0 radical (unpaired) electrons. The number of hydrogen-bond donors (Lipinski definition) is 0. The van der Waals surface area contributed by atoms with Gasteiger partial charge in [0.2, 0.25) is 12.7 Å². The number of amides is 4. The molecule has 2 aromatic rings. The van der Waals surface area contributed by atoms with E-state index in [0.717, 1.165) is 19.4 Å². The Hall–Kier alpha value is -5.58. The fourth-order valence-electron chi connectivity index (χ4n) is 9.48. The van der Waals surface area contributed by atoms with E-state index in [1.54, 1.807) is 13.8 Å². The van der Waals surface area contributed by atoms with Crippen molar-refractivity contribution >= 4 is 35.6 Å². The second-order valence-corrected chi connectivity index (χ2v) is 15.5. The topological polar surface area (TPSA) is 182 Å². The van der Waals surface area contributed by atoms with Gasteiger partial charge in [-0.15, -0.1) is 0 Å². The minimum Gasteiger partial charge on any atom is -0.493 e. The molecule has 2 aromatic carbocycles. The SMILES string of the molecule is COc1c(C)cc2c(c1OC(C)=O)[C@@H]1C3Cc4c(OC(C)=O)c(C)c5c(c4[C@H](C[N+](C)(C(C)=O)C(=O)[C@H](C)N(C(C)=O)C(=O)C(F)(F)F)N3[C@@H](C#N)[C@H](C2)N1C)OCO5. The van der Waals surface area contributed by atoms with Gasteiger partial charge in [0.1, 0.15) is 18.3 Å². The largest absolute Gasteiger partial charge is 0.493 e. The molecule has 19 heteroatoms. The predicted octanol–water partition coefficient (Wildman–Crippen LogP) is 3.51. The van der Waals surface area contributed by atoms with Gasteiger partial charge in [-0.2, -0.15) is 22.9 Å². The van der Waals surface area contributed by atoms with Crippen LogP contribution in [0.3, 0.4) is 0 Å². The molecule has 7 atom stereocenters. The number of hydrogen-bond acceptors (Lipinski definition) is 14. The Morgan fingerprint density at radius 3 is 2.12 bits per heavy atom. The molecule has 0 spiro atoms. The van der Waals surface area contributed by atoms with Crippen molar-refractivity contribution in [1.29, 1.82) is 5.26 Å². The van der Waals surface area contributed by atoms with Crippen molar-refractivity contribution < 1.29 is 70.1 Å². The quantitative estimate of drug-likeness (QED) is 0.225. The van der Waals surface area contributed by atoms with Gasteiger partial charge in [0.15, 0.2) is 29.0 Å². The van der Waals surface area contributed by atoms with Crippen molar-refractivity contribution in [3.63, 3.8) is 0 Å². The van der Waals surface area contributed by atoms with E-state index in [-0.39, 0.29) is 47.5 Å². The summed E-state index contributed by atoms with van der Waals surface area (Å²) in [5.74, 6) is -6.40. The molecule has 4 heterocycles. The van der Waals surface area contributed by atoms with Crippen LogP contribution in [0.2, 0.25) is 0 Å². The number of fused-ring (bicyclic) bond motifs is 9. The minimum atomic E-state index is -5.53. The molecule has 4 aliphatic rings. The monoisotopic (exact) mass is 828 g/mol. The average molecular weight is 829 g/mol. The summed E-state index contributed by atoms with van der Waals surface area (Å²) in [4.78, 5) is 82.6. The number of halogens is 3. The molecule has 0 aliphatic carbocycles. The smallest absolute Gasteiger partial charge is 0.471 e. The van der Waals surface area contributed by atoms with Crippen molar-refractivity contribution in [1.82, 2.24) is 14.7 Å². The standard InChI is InChI=1S/C40H45F3N5O11/c1-17-11-24-12-26-28(14-44)47-27(32(45(26)8)30(24)37(33(17)55-10)59-23(7)52)13-25-31(36-35(56-16-57-36)18(2)34(25)58-22(6)51)29(47)15-48(9,21(5)50)38(53)19(3)46(20(4)49)39(54)40(41,42)43/h11,19,26-29,32H,12-13,15-16H2,1-10H3/q+1/t19-,26-,27?,28-,29-,32-,48?/m0/s1. The zero-order valence-electron chi connectivity index (χ0n) is 34.2. The average Bonchev–Trinajstić information content (AvgIpc) is 3.63. The van der Waals surface area contributed by atoms with Gasteiger partial charge in [0.05, 0.1) is 39.2 Å². The van der Waals surface area contributed by atoms with Crippen molar-refractivity contribution in [2.75, 3.05) is 34.5 Å². The third-order valence-corrected chi connectivity index (χ3v) is 12.0. The number of quaternary nitrogens is 1. The van der Waals surface area contributed by atoms with Gasteiger partial charge >= 0.3 is 35.8 Å². The van der Waals surface area contributed by atoms with Crippen LogP contribution >= 0.6 is 0 Å². The maximum absolute atomic E-state index is 14.6. The lowest BCUT2D eigenvalue weighted by atomic mass is 9.71. The highest BCUT2D eigenvalue weighted by atomic mass is 19.4. The van der Waals surface area contributed by atoms with Crippen LogP contribution in [0.5, 0.6) is 28.7 Å². The molecular formula is C40H45F3N5O11+. The number of carbonyl (C=O) groups excluding carboxylic acids is 6. The molecule has 316 valence electrons. The van der Waals surface area contributed by atoms with E-state index < -0.39 is 89.0 Å². The third kappa shape index (κ3) is 6.86. The van der Waals surface area contributed by atoms with Crippen LogP contribution in [-0.2, 0) is 41.6 Å². The molecule has 0 aromatic heterocycles. The van der Waals surface area contributed by atoms with Crippen LogP contribution in [0.25, 0.3) is 0 Å². The zero-order chi connectivity index (χ0) is 43.8. The minimum absolute atomic E-state index is 0.0628. The molecule has 2 unspecified atom stereocenters. The summed E-state index contributed by atoms with van der Waals surface area (Å²) in [5, 5.41) is 11.1. The van der Waals surface area contributed by atoms with E-state index >= 15 is 0 Å². The molecule has 0 saturated carbocycles. The van der Waals surface area contributed by atoms with Gasteiger partial charge in [-0.1, -0.05) is 6.07 Å². The molecule has 1 saturated heterocycles. The van der Waals surface area contributed by atoms with Gasteiger partial charge in [0, 0.05) is 55.1 Å². The molecule has 2 bridgehead atoms. The lowest BCUT2D eigenvalue weighted by Gasteiger charge is -2.60. The fourth-order valence-corrected chi connectivity index (χ4v) is 9.48. The van der Waals surface area contributed by atoms with Gasteiger partial charge < -0.3 is 23.7 Å². The fraction of sp³-hybridized carbons (Fsp3) is 0.525. The van der Waals surface area contributed by atoms with E-state index in [9.17, 15) is 47.2 Å². The van der Waals surface area contributed by atoms with Crippen molar-refractivity contribution in [3.05, 3.63) is 39.4 Å². The van der Waals surface area contributed by atoms with E-state index in [1.165, 1.54) is 28.0 Å². The normalized spacial score (nSPS) is 23.3. The van der Waals surface area contributed by atoms with Crippen molar-refractivity contribution in [2.45, 2.75) is 104 Å². The second-order valence-electron chi connectivity index (χ2n) is 15.5. The number of nitriles is 1. The Morgan fingerprint density at radius 2 is 1.58 bits per heavy atom. The number of methoxy groups -OCH3 is 1. The van der Waals surface area contributed by atoms with Gasteiger partial charge in [0.25, 0.3) is 0 Å². The van der Waals surface area contributed by atoms with Gasteiger partial charge in [-0.25, -0.2) is 9.59 Å². The second kappa shape index (κ2) is 15.2. The first-order valence-corrected chi connectivity index (χ1v) is 18.7. The lowest BCUT2D eigenvalue weighted by Crippen LogP contribution is -2.70. The number of imide groups is 2. The van der Waals surface area contributed by atoms with Gasteiger partial charge in [-0.3, -0.25) is 33.9 Å². The van der Waals surface area contributed by atoms with Crippen LogP contribution in [-0.4, -0.2) is 120 Å². The Labute approximate surface area is 337 Å². The highest BCUT2D eigenvalue weighted by molar-refractivity contribution is 6.01. The number of likely N-dealkylation sites (N-methyl/N-ethyl adjacent to an activating group) is 2. The molecule has 4 amide bonds. The highest BCUT2D eigenvalue weighted by Gasteiger charge is 2.60. The first kappa shape index (κ1) is 43.0. The molecule has 16 nitrogen and oxygen atoms in total. The molecule has 1 fully saturated rings. The summed E-state index contributed by atoms with van der Waals surface area (Å²) >= 11 is 0. The Kier molecular flexibility index (Phi) is 11.1. The first-order chi connectivity index (χ1) is 27.5. The van der Waals surface area contributed by atoms with Crippen LogP contribution < -0.4 is 23.7 Å². The van der Waals surface area contributed by atoms with E-state index in [0.29, 0.717) is 40.5 Å². The highest BCUT2D eigenvalue weighted by Crippen LogP contribution is 2.59. The molecule has 59 heavy (non-hydrogen) atoms. The van der Waals surface area contributed by atoms with Gasteiger partial charge in [-0.05, 0) is 51.8 Å². The van der Waals surface area contributed by atoms with Crippen LogP contribution in [0.15, 0.2) is 6.07 Å². The Morgan fingerprint density at radius 1 is 0.966 bits per heavy atom. The first-order valence-electron chi connectivity index (χ1n) is 18.7. The van der Waals surface area contributed by atoms with E-state index in [4.69, 9.17) is 23.7 Å². The van der Waals surface area contributed by atoms with E-state index in [1.807, 2.05) is 22.9 Å². The van der Waals surface area contributed by atoms with E-state index in [2.05, 4.69) is 6.07 Å². The van der Waals surface area contributed by atoms with Crippen LogP contribution in [0.1, 0.15) is 80.1 Å². The number of piperazine rings is 1. The summed E-state index contributed by atoms with van der Waals surface area (Å²) in [7, 11) is 4.43. The number of nitrogens with zero attached hydrogens (tertiary/aromatic N) is 5. The summed E-state index contributed by atoms with van der Waals surface area (Å²) in [6.07, 6.45) is -5.19. The number of carbonyl (C=O) groups is 6. The number of alkyl halides is 3. The Balaban J connectivity index is 1.65. The number of esters is 2.